The van der Waals surface area contributed by atoms with Crippen LogP contribution in [0.4, 0.5) is 0 Å². The Balaban J connectivity index is 1.49. The largest absolute Gasteiger partial charge is 0.502 e. The van der Waals surface area contributed by atoms with E-state index in [1.807, 2.05) is 12.1 Å². The number of nitrogens with zero attached hydrogens (tertiary/aromatic N) is 1. The highest BCUT2D eigenvalue weighted by atomic mass is 16.6. The molecule has 0 aliphatic carbocycles. The van der Waals surface area contributed by atoms with Crippen molar-refractivity contribution in [3.63, 3.8) is 0 Å². The van der Waals surface area contributed by atoms with Gasteiger partial charge in [0.05, 0.1) is 47.3 Å². The van der Waals surface area contributed by atoms with Crippen molar-refractivity contribution in [3.05, 3.63) is 68.8 Å². The zero-order valence-electron chi connectivity index (χ0n) is 23.5. The smallest absolute Gasteiger partial charge is 0.306 e. The van der Waals surface area contributed by atoms with E-state index in [0.29, 0.717) is 72.9 Å². The third kappa shape index (κ3) is 5.76. The Labute approximate surface area is 237 Å². The van der Waals surface area contributed by atoms with Crippen LogP contribution in [0.2, 0.25) is 0 Å². The molecule has 0 saturated carbocycles. The first-order chi connectivity index (χ1) is 19.8. The van der Waals surface area contributed by atoms with E-state index in [1.165, 1.54) is 20.3 Å². The number of methoxy groups -OCH3 is 4. The van der Waals surface area contributed by atoms with Crippen LogP contribution in [0.5, 0.6) is 34.5 Å². The summed E-state index contributed by atoms with van der Waals surface area (Å²) in [6.07, 6.45) is 0.574. The van der Waals surface area contributed by atoms with Gasteiger partial charge in [0, 0.05) is 19.2 Å². The number of carbonyl (C=O) groups excluding carboxylic acids is 1. The first kappa shape index (κ1) is 28.2. The number of fused-ring (bicyclic) bond motifs is 2. The fraction of sp³-hybridized carbons (Fsp3) is 0.400. The van der Waals surface area contributed by atoms with E-state index in [9.17, 15) is 14.7 Å². The fourth-order valence-electron chi connectivity index (χ4n) is 5.27. The van der Waals surface area contributed by atoms with Crippen molar-refractivity contribution in [1.82, 2.24) is 4.90 Å². The van der Waals surface area contributed by atoms with E-state index >= 15 is 0 Å². The lowest BCUT2D eigenvalue weighted by Gasteiger charge is -2.29. The Kier molecular flexibility index (Phi) is 8.25. The summed E-state index contributed by atoms with van der Waals surface area (Å²) in [6, 6.07) is 8.60. The molecule has 0 saturated heterocycles. The van der Waals surface area contributed by atoms with E-state index in [2.05, 4.69) is 4.90 Å². The van der Waals surface area contributed by atoms with Gasteiger partial charge in [0.2, 0.25) is 16.9 Å². The third-order valence-corrected chi connectivity index (χ3v) is 7.34. The predicted octanol–water partition coefficient (Wildman–Crippen LogP) is 3.40. The number of hydrogen-bond donors (Lipinski definition) is 1. The molecule has 5 rings (SSSR count). The van der Waals surface area contributed by atoms with Crippen molar-refractivity contribution in [2.24, 2.45) is 0 Å². The van der Waals surface area contributed by atoms with E-state index < -0.39 is 23.1 Å². The number of hydrogen-bond acceptors (Lipinski definition) is 11. The van der Waals surface area contributed by atoms with Crippen LogP contribution in [0, 0.1) is 0 Å². The summed E-state index contributed by atoms with van der Waals surface area (Å²) in [5, 5.41) is 10.9. The number of esters is 1. The van der Waals surface area contributed by atoms with Crippen molar-refractivity contribution < 1.29 is 42.7 Å². The molecule has 218 valence electrons. The van der Waals surface area contributed by atoms with Crippen LogP contribution < -0.4 is 29.1 Å². The van der Waals surface area contributed by atoms with Gasteiger partial charge in [-0.2, -0.15) is 0 Å². The Morgan fingerprint density at radius 2 is 1.66 bits per heavy atom. The van der Waals surface area contributed by atoms with Crippen LogP contribution in [0.25, 0.3) is 0 Å². The second kappa shape index (κ2) is 12.0. The molecule has 0 spiro atoms. The van der Waals surface area contributed by atoms with Crippen molar-refractivity contribution in [3.8, 4) is 34.5 Å². The molecule has 3 aromatic rings. The molecule has 3 heterocycles. The van der Waals surface area contributed by atoms with E-state index in [4.69, 9.17) is 32.8 Å². The first-order valence-electron chi connectivity index (χ1n) is 13.2. The summed E-state index contributed by atoms with van der Waals surface area (Å²) >= 11 is 0. The summed E-state index contributed by atoms with van der Waals surface area (Å²) in [5.74, 6) is 0.921. The van der Waals surface area contributed by atoms with Gasteiger partial charge in [-0.1, -0.05) is 0 Å². The minimum absolute atomic E-state index is 0.0413. The van der Waals surface area contributed by atoms with Gasteiger partial charge in [0.1, 0.15) is 19.0 Å². The Hall–Kier alpha value is -4.38. The number of ether oxygens (including phenoxy) is 6. The molecule has 2 aromatic carbocycles. The lowest BCUT2D eigenvalue weighted by Crippen LogP contribution is -2.30. The normalized spacial score (nSPS) is 15.0. The summed E-state index contributed by atoms with van der Waals surface area (Å²) in [7, 11) is 5.97. The molecule has 2 aliphatic heterocycles. The molecule has 0 amide bonds. The van der Waals surface area contributed by atoms with Crippen molar-refractivity contribution in [2.45, 2.75) is 31.8 Å². The monoisotopic (exact) mass is 567 g/mol. The van der Waals surface area contributed by atoms with Crippen molar-refractivity contribution >= 4 is 5.97 Å². The Bertz CT molecular complexity index is 1480. The summed E-state index contributed by atoms with van der Waals surface area (Å²) in [5.41, 5.74) is 2.17. The Morgan fingerprint density at radius 1 is 0.951 bits per heavy atom. The Morgan fingerprint density at radius 3 is 2.37 bits per heavy atom. The van der Waals surface area contributed by atoms with Gasteiger partial charge in [-0.05, 0) is 47.4 Å². The summed E-state index contributed by atoms with van der Waals surface area (Å²) < 4.78 is 39.0. The highest BCUT2D eigenvalue weighted by Crippen LogP contribution is 2.45. The van der Waals surface area contributed by atoms with E-state index in [1.54, 1.807) is 26.4 Å². The molecule has 2 aliphatic rings. The van der Waals surface area contributed by atoms with Gasteiger partial charge in [0.25, 0.3) is 0 Å². The molecule has 1 N–H and O–H groups in total. The highest BCUT2D eigenvalue weighted by molar-refractivity contribution is 5.71. The minimum atomic E-state index is -0.862. The molecule has 1 aromatic heterocycles. The average molecular weight is 568 g/mol. The maximum absolute atomic E-state index is 13.0. The van der Waals surface area contributed by atoms with Crippen molar-refractivity contribution in [1.29, 1.82) is 0 Å². The van der Waals surface area contributed by atoms with E-state index in [-0.39, 0.29) is 12.2 Å². The molecule has 0 unspecified atom stereocenters. The molecule has 0 radical (unpaired) electrons. The summed E-state index contributed by atoms with van der Waals surface area (Å²) in [4.78, 5) is 27.6. The van der Waals surface area contributed by atoms with Crippen LogP contribution in [-0.4, -0.2) is 64.2 Å². The highest BCUT2D eigenvalue weighted by Gasteiger charge is 2.30. The second-order valence-electron chi connectivity index (χ2n) is 9.81. The molecule has 11 heteroatoms. The zero-order valence-corrected chi connectivity index (χ0v) is 23.5. The third-order valence-electron chi connectivity index (χ3n) is 7.34. The number of rotatable bonds is 9. The van der Waals surface area contributed by atoms with Gasteiger partial charge >= 0.3 is 5.97 Å². The lowest BCUT2D eigenvalue weighted by atomic mass is 9.91. The van der Waals surface area contributed by atoms with Gasteiger partial charge in [-0.3, -0.25) is 14.5 Å². The zero-order chi connectivity index (χ0) is 29.1. The van der Waals surface area contributed by atoms with Gasteiger partial charge < -0.3 is 37.9 Å². The van der Waals surface area contributed by atoms with Crippen LogP contribution in [0.15, 0.2) is 39.5 Å². The second-order valence-corrected chi connectivity index (χ2v) is 9.81. The molecule has 1 atom stereocenters. The molecule has 11 nitrogen and oxygen atoms in total. The van der Waals surface area contributed by atoms with E-state index in [0.717, 1.165) is 17.5 Å². The van der Waals surface area contributed by atoms with Gasteiger partial charge in [-0.15, -0.1) is 0 Å². The molecule has 41 heavy (non-hydrogen) atoms. The maximum Gasteiger partial charge on any atom is 0.306 e. The first-order valence-corrected chi connectivity index (χ1v) is 13.2. The van der Waals surface area contributed by atoms with Crippen LogP contribution in [0.1, 0.15) is 40.5 Å². The quantitative estimate of drug-likeness (QED) is 0.382. The average Bonchev–Trinajstić information content (AvgIpc) is 3.00. The number of benzene rings is 2. The van der Waals surface area contributed by atoms with Gasteiger partial charge in [0.15, 0.2) is 28.8 Å². The van der Waals surface area contributed by atoms with Crippen molar-refractivity contribution in [2.75, 3.05) is 48.2 Å². The standard InChI is InChI=1S/C30H33NO10/c1-35-23-9-17-5-6-31(15-19(17)12-24(23)36-2)16-20-13-22(32)28(34)29(41-20)21(14-27(33)38-4)18-10-25(37-3)30-26(11-18)39-7-8-40-30/h9-13,21,34H,5-8,14-16H2,1-4H3/t21-/m0/s1. The van der Waals surface area contributed by atoms with Crippen LogP contribution in [0.3, 0.4) is 0 Å². The topological polar surface area (TPSA) is 126 Å². The molecule has 0 bridgehead atoms. The molecular weight excluding hydrogens is 534 g/mol. The minimum Gasteiger partial charge on any atom is -0.502 e. The predicted molar refractivity (Wildman–Crippen MR) is 146 cm³/mol. The lowest BCUT2D eigenvalue weighted by molar-refractivity contribution is -0.140. The number of carbonyl (C=O) groups is 1. The number of aromatic hydroxyl groups is 1. The molecular formula is C30H33NO10. The maximum atomic E-state index is 13.0. The fourth-order valence-corrected chi connectivity index (χ4v) is 5.27. The summed E-state index contributed by atoms with van der Waals surface area (Å²) in [6.45, 7) is 2.33. The van der Waals surface area contributed by atoms with Gasteiger partial charge in [-0.25, -0.2) is 0 Å². The van der Waals surface area contributed by atoms with Crippen LogP contribution in [-0.2, 0) is 29.0 Å². The van der Waals surface area contributed by atoms with Crippen LogP contribution >= 0.6 is 0 Å². The molecule has 0 fully saturated rings. The SMILES string of the molecule is COC(=O)C[C@@H](c1cc(OC)c2c(c1)OCCO2)c1oc(CN2CCc3cc(OC)c(OC)cc3C2)cc(=O)c1O.